The number of hydrogen-bond acceptors (Lipinski definition) is 6. The Morgan fingerprint density at radius 3 is 2.71 bits per heavy atom. The third-order valence-electron chi connectivity index (χ3n) is 6.32. The van der Waals surface area contributed by atoms with Gasteiger partial charge in [0.05, 0.1) is 23.9 Å². The van der Waals surface area contributed by atoms with Gasteiger partial charge in [0.1, 0.15) is 11.3 Å². The summed E-state index contributed by atoms with van der Waals surface area (Å²) in [4.78, 5) is 42.5. The van der Waals surface area contributed by atoms with Crippen LogP contribution in [0.15, 0.2) is 34.7 Å². The second-order valence-corrected chi connectivity index (χ2v) is 9.03. The number of rotatable bonds is 4. The number of H-pyrrole nitrogens is 1. The molecule has 8 nitrogen and oxygen atoms in total. The molecule has 1 atom stereocenters. The maximum atomic E-state index is 13.6. The number of methoxy groups -OCH3 is 1. The number of aromatic hydroxyl groups is 1. The van der Waals surface area contributed by atoms with E-state index in [4.69, 9.17) is 9.15 Å². The Morgan fingerprint density at radius 2 is 2.03 bits per heavy atom. The number of halogens is 1. The van der Waals surface area contributed by atoms with Crippen LogP contribution in [0.2, 0.25) is 0 Å². The summed E-state index contributed by atoms with van der Waals surface area (Å²) in [5.74, 6) is -1.06. The van der Waals surface area contributed by atoms with Crippen LogP contribution in [-0.4, -0.2) is 46.7 Å². The number of anilines is 1. The first-order chi connectivity index (χ1) is 16.2. The number of phenols is 1. The molecule has 2 N–H and O–H groups in total. The number of phenolic OH excluding ortho intramolecular Hbond substituents is 1. The van der Waals surface area contributed by atoms with Gasteiger partial charge in [0.2, 0.25) is 0 Å². The number of benzene rings is 2. The number of aryl methyl sites for hydroxylation is 1. The number of aromatic nitrogens is 1. The van der Waals surface area contributed by atoms with Gasteiger partial charge in [-0.1, -0.05) is 15.9 Å². The molecule has 0 bridgehead atoms. The molecular formula is C25H21BrN2O6. The van der Waals surface area contributed by atoms with E-state index in [2.05, 4.69) is 20.9 Å². The third kappa shape index (κ3) is 3.22. The Kier molecular flexibility index (Phi) is 5.24. The molecule has 0 radical (unpaired) electrons. The molecule has 2 aromatic carbocycles. The number of ether oxygens (including phenoxy) is 1. The molecule has 2 aromatic heterocycles. The van der Waals surface area contributed by atoms with Gasteiger partial charge in [-0.2, -0.15) is 0 Å². The summed E-state index contributed by atoms with van der Waals surface area (Å²) in [7, 11) is 1.31. The van der Waals surface area contributed by atoms with Crippen molar-refractivity contribution in [1.82, 2.24) is 4.98 Å². The molecule has 0 saturated heterocycles. The van der Waals surface area contributed by atoms with Crippen LogP contribution >= 0.6 is 15.9 Å². The molecule has 0 spiro atoms. The summed E-state index contributed by atoms with van der Waals surface area (Å²) in [5, 5.41) is 12.5. The summed E-state index contributed by atoms with van der Waals surface area (Å²) in [5.41, 5.74) is 3.65. The average molecular weight is 525 g/mol. The van der Waals surface area contributed by atoms with Crippen LogP contribution in [0.3, 0.4) is 0 Å². The number of furan rings is 1. The fraction of sp³-hybridized carbons (Fsp3) is 0.240. The summed E-state index contributed by atoms with van der Waals surface area (Å²) >= 11 is 3.54. The van der Waals surface area contributed by atoms with Gasteiger partial charge in [-0.05, 0) is 43.7 Å². The fourth-order valence-corrected chi connectivity index (χ4v) is 5.25. The van der Waals surface area contributed by atoms with Gasteiger partial charge in [0, 0.05) is 45.9 Å². The van der Waals surface area contributed by atoms with Crippen molar-refractivity contribution in [3.05, 3.63) is 58.5 Å². The van der Waals surface area contributed by atoms with E-state index in [9.17, 15) is 19.5 Å². The normalized spacial score (nSPS) is 15.2. The van der Waals surface area contributed by atoms with Crippen molar-refractivity contribution in [1.29, 1.82) is 0 Å². The zero-order chi connectivity index (χ0) is 24.3. The van der Waals surface area contributed by atoms with E-state index >= 15 is 0 Å². The third-order valence-corrected chi connectivity index (χ3v) is 7.10. The van der Waals surface area contributed by atoms with E-state index in [1.807, 2.05) is 0 Å². The van der Waals surface area contributed by atoms with E-state index in [0.717, 1.165) is 5.56 Å². The van der Waals surface area contributed by atoms with Crippen molar-refractivity contribution in [2.75, 3.05) is 23.9 Å². The minimum atomic E-state index is -0.520. The molecule has 1 amide bonds. The molecule has 5 rings (SSSR count). The van der Waals surface area contributed by atoms with Crippen LogP contribution in [0.5, 0.6) is 5.75 Å². The van der Waals surface area contributed by atoms with Crippen molar-refractivity contribution in [2.24, 2.45) is 0 Å². The number of amides is 1. The zero-order valence-electron chi connectivity index (χ0n) is 18.7. The van der Waals surface area contributed by atoms with Crippen molar-refractivity contribution in [2.45, 2.75) is 19.8 Å². The first-order valence-electron chi connectivity index (χ1n) is 10.6. The maximum absolute atomic E-state index is 13.6. The molecule has 4 aromatic rings. The van der Waals surface area contributed by atoms with Crippen molar-refractivity contribution < 1.29 is 28.6 Å². The minimum absolute atomic E-state index is 0.0734. The summed E-state index contributed by atoms with van der Waals surface area (Å²) in [6, 6.07) is 8.17. The Balaban J connectivity index is 1.66. The van der Waals surface area contributed by atoms with Crippen molar-refractivity contribution >= 4 is 61.1 Å². The first kappa shape index (κ1) is 22.2. The fourth-order valence-electron chi connectivity index (χ4n) is 4.72. The lowest BCUT2D eigenvalue weighted by molar-refractivity contribution is 0.0602. The number of ketones is 1. The van der Waals surface area contributed by atoms with Crippen LogP contribution in [0.1, 0.15) is 55.4 Å². The lowest BCUT2D eigenvalue weighted by Crippen LogP contribution is -2.29. The van der Waals surface area contributed by atoms with E-state index < -0.39 is 5.97 Å². The highest BCUT2D eigenvalue weighted by molar-refractivity contribution is 9.09. The highest BCUT2D eigenvalue weighted by Gasteiger charge is 2.38. The molecule has 9 heteroatoms. The smallest absolute Gasteiger partial charge is 0.340 e. The Morgan fingerprint density at radius 1 is 1.26 bits per heavy atom. The van der Waals surface area contributed by atoms with Crippen LogP contribution in [0, 0.1) is 6.92 Å². The Hall–Kier alpha value is -3.59. The van der Waals surface area contributed by atoms with Crippen molar-refractivity contribution in [3.63, 3.8) is 0 Å². The topological polar surface area (TPSA) is 113 Å². The number of nitrogens with one attached hydrogen (secondary N) is 1. The van der Waals surface area contributed by atoms with Crippen LogP contribution in [0.4, 0.5) is 5.69 Å². The zero-order valence-corrected chi connectivity index (χ0v) is 20.3. The molecule has 0 saturated carbocycles. The molecule has 0 fully saturated rings. The summed E-state index contributed by atoms with van der Waals surface area (Å²) in [6.45, 7) is 3.55. The van der Waals surface area contributed by atoms with E-state index in [0.29, 0.717) is 56.3 Å². The molecule has 1 unspecified atom stereocenters. The maximum Gasteiger partial charge on any atom is 0.340 e. The summed E-state index contributed by atoms with van der Waals surface area (Å²) in [6.07, 6.45) is 0. The first-order valence-corrected chi connectivity index (χ1v) is 11.8. The van der Waals surface area contributed by atoms with Crippen LogP contribution in [-0.2, 0) is 4.74 Å². The highest BCUT2D eigenvalue weighted by atomic mass is 79.9. The number of Topliss-reactive ketones (excluding diaryl/α,β-unsaturated/α-hetero) is 1. The number of carbonyl (C=O) groups excluding carboxylic acids is 3. The molecule has 1 aliphatic rings. The number of hydrogen-bond donors (Lipinski definition) is 2. The van der Waals surface area contributed by atoms with Gasteiger partial charge < -0.3 is 24.1 Å². The molecular weight excluding hydrogens is 504 g/mol. The molecule has 174 valence electrons. The highest BCUT2D eigenvalue weighted by Crippen LogP contribution is 2.47. The number of alkyl halides is 1. The molecule has 1 aliphatic heterocycles. The standard InChI is InChI=1S/C25H21BrN2O6/c1-11-20(25(32)33-3)22-21-15(9-26)10-28(16(21)8-17(30)23(22)27-11)24(31)19-7-14-6-13(12(2)29)4-5-18(14)34-19/h4-8,15,27,30H,9-10H2,1-3H3. The number of aromatic amines is 1. The van der Waals surface area contributed by atoms with Gasteiger partial charge in [0.25, 0.3) is 5.91 Å². The Labute approximate surface area is 202 Å². The van der Waals surface area contributed by atoms with Gasteiger partial charge in [-0.3, -0.25) is 9.59 Å². The predicted octanol–water partition coefficient (Wildman–Crippen LogP) is 5.06. The second-order valence-electron chi connectivity index (χ2n) is 8.38. The van der Waals surface area contributed by atoms with Gasteiger partial charge in [-0.25, -0.2) is 4.79 Å². The van der Waals surface area contributed by atoms with Gasteiger partial charge >= 0.3 is 5.97 Å². The van der Waals surface area contributed by atoms with E-state index in [-0.39, 0.29) is 29.1 Å². The van der Waals surface area contributed by atoms with E-state index in [1.165, 1.54) is 20.1 Å². The SMILES string of the molecule is COC(=O)c1c(C)[nH]c2c(O)cc3c(c12)C(CBr)CN3C(=O)c1cc2cc(C(C)=O)ccc2o1. The lowest BCUT2D eigenvalue weighted by Gasteiger charge is -2.16. The second kappa shape index (κ2) is 8.02. The monoisotopic (exact) mass is 524 g/mol. The average Bonchev–Trinajstić information content (AvgIpc) is 3.50. The van der Waals surface area contributed by atoms with E-state index in [1.54, 1.807) is 36.1 Å². The number of nitrogens with zero attached hydrogens (tertiary/aromatic N) is 1. The quantitative estimate of drug-likeness (QED) is 0.219. The molecule has 34 heavy (non-hydrogen) atoms. The number of carbonyl (C=O) groups is 3. The van der Waals surface area contributed by atoms with Crippen LogP contribution in [0.25, 0.3) is 21.9 Å². The van der Waals surface area contributed by atoms with Crippen LogP contribution < -0.4 is 4.90 Å². The minimum Gasteiger partial charge on any atom is -0.506 e. The van der Waals surface area contributed by atoms with Gasteiger partial charge in [-0.15, -0.1) is 0 Å². The molecule has 0 aliphatic carbocycles. The largest absolute Gasteiger partial charge is 0.506 e. The Bertz CT molecular complexity index is 1520. The predicted molar refractivity (Wildman–Crippen MR) is 130 cm³/mol. The number of esters is 1. The lowest BCUT2D eigenvalue weighted by atomic mass is 9.96. The van der Waals surface area contributed by atoms with Gasteiger partial charge in [0.15, 0.2) is 11.5 Å². The van der Waals surface area contributed by atoms with Crippen molar-refractivity contribution in [3.8, 4) is 5.75 Å². The summed E-state index contributed by atoms with van der Waals surface area (Å²) < 4.78 is 10.8. The molecule has 3 heterocycles. The number of fused-ring (bicyclic) bond motifs is 4.